The number of aromatic nitrogens is 2. The molecule has 0 radical (unpaired) electrons. The molecule has 3 rings (SSSR count). The van der Waals surface area contributed by atoms with Gasteiger partial charge in [0.1, 0.15) is 11.6 Å². The van der Waals surface area contributed by atoms with Crippen LogP contribution in [0.25, 0.3) is 22.4 Å². The van der Waals surface area contributed by atoms with Crippen LogP contribution in [0.1, 0.15) is 16.7 Å². The minimum Gasteiger partial charge on any atom is -0.496 e. The summed E-state index contributed by atoms with van der Waals surface area (Å²) in [5, 5.41) is 0. The number of rotatable bonds is 2. The third-order valence-electron chi connectivity index (χ3n) is 3.78. The van der Waals surface area contributed by atoms with Gasteiger partial charge in [-0.1, -0.05) is 12.1 Å². The average molecular weight is 266 g/mol. The van der Waals surface area contributed by atoms with Crippen molar-refractivity contribution in [3.05, 3.63) is 47.0 Å². The Morgan fingerprint density at radius 2 is 1.70 bits per heavy atom. The van der Waals surface area contributed by atoms with Crippen LogP contribution in [-0.4, -0.2) is 17.1 Å². The predicted octanol–water partition coefficient (Wildman–Crippen LogP) is 4.16. The molecule has 20 heavy (non-hydrogen) atoms. The van der Waals surface area contributed by atoms with E-state index in [4.69, 9.17) is 4.74 Å². The third kappa shape index (κ3) is 2.05. The Morgan fingerprint density at radius 1 is 0.950 bits per heavy atom. The van der Waals surface area contributed by atoms with E-state index in [2.05, 4.69) is 48.1 Å². The van der Waals surface area contributed by atoms with Crippen LogP contribution < -0.4 is 4.74 Å². The fraction of sp³-hybridized carbons (Fsp3) is 0.235. The number of nitrogens with zero attached hydrogens (tertiary/aromatic N) is 1. The van der Waals surface area contributed by atoms with E-state index in [1.807, 2.05) is 13.0 Å². The van der Waals surface area contributed by atoms with Crippen molar-refractivity contribution in [2.24, 2.45) is 0 Å². The maximum absolute atomic E-state index is 5.38. The molecule has 2 aromatic carbocycles. The van der Waals surface area contributed by atoms with E-state index in [0.29, 0.717) is 0 Å². The van der Waals surface area contributed by atoms with Crippen LogP contribution >= 0.6 is 0 Å². The van der Waals surface area contributed by atoms with E-state index in [-0.39, 0.29) is 0 Å². The van der Waals surface area contributed by atoms with Crippen LogP contribution in [0.15, 0.2) is 30.3 Å². The first-order chi connectivity index (χ1) is 9.58. The van der Waals surface area contributed by atoms with E-state index in [1.54, 1.807) is 7.11 Å². The van der Waals surface area contributed by atoms with Gasteiger partial charge in [0.15, 0.2) is 0 Å². The molecule has 3 heteroatoms. The van der Waals surface area contributed by atoms with Crippen LogP contribution in [0.2, 0.25) is 0 Å². The van der Waals surface area contributed by atoms with Gasteiger partial charge in [0.25, 0.3) is 0 Å². The number of aryl methyl sites for hydroxylation is 3. The Kier molecular flexibility index (Phi) is 2.97. The van der Waals surface area contributed by atoms with Crippen molar-refractivity contribution >= 4 is 11.0 Å². The molecular weight excluding hydrogens is 248 g/mol. The molecule has 0 fully saturated rings. The van der Waals surface area contributed by atoms with Gasteiger partial charge >= 0.3 is 0 Å². The first-order valence-corrected chi connectivity index (χ1v) is 6.70. The minimum atomic E-state index is 0.878. The number of benzene rings is 2. The minimum absolute atomic E-state index is 0.878. The summed E-state index contributed by atoms with van der Waals surface area (Å²) >= 11 is 0. The molecule has 0 aliphatic carbocycles. The molecule has 3 aromatic rings. The first kappa shape index (κ1) is 12.7. The molecule has 0 bridgehead atoms. The van der Waals surface area contributed by atoms with Gasteiger partial charge in [0.05, 0.1) is 18.1 Å². The van der Waals surface area contributed by atoms with Crippen LogP contribution in [0, 0.1) is 20.8 Å². The number of hydrogen-bond donors (Lipinski definition) is 1. The highest BCUT2D eigenvalue weighted by atomic mass is 16.5. The van der Waals surface area contributed by atoms with Crippen LogP contribution in [-0.2, 0) is 0 Å². The Labute approximate surface area is 118 Å². The average Bonchev–Trinajstić information content (AvgIpc) is 2.82. The fourth-order valence-corrected chi connectivity index (χ4v) is 2.37. The lowest BCUT2D eigenvalue weighted by Crippen LogP contribution is -1.88. The molecule has 0 spiro atoms. The van der Waals surface area contributed by atoms with E-state index in [9.17, 15) is 0 Å². The maximum atomic E-state index is 5.38. The summed E-state index contributed by atoms with van der Waals surface area (Å²) in [6.45, 7) is 6.26. The summed E-state index contributed by atoms with van der Waals surface area (Å²) in [4.78, 5) is 8.06. The molecule has 0 unspecified atom stereocenters. The van der Waals surface area contributed by atoms with Gasteiger partial charge in [-0.15, -0.1) is 0 Å². The lowest BCUT2D eigenvalue weighted by atomic mass is 10.1. The monoisotopic (exact) mass is 266 g/mol. The SMILES string of the molecule is COc1cc(-c2nc3cc(C)c(C)cc3[nH]2)ccc1C. The molecule has 1 N–H and O–H groups in total. The van der Waals surface area contributed by atoms with Gasteiger partial charge in [0, 0.05) is 5.56 Å². The lowest BCUT2D eigenvalue weighted by molar-refractivity contribution is 0.412. The highest BCUT2D eigenvalue weighted by Gasteiger charge is 2.08. The molecule has 102 valence electrons. The summed E-state index contributed by atoms with van der Waals surface area (Å²) in [5.74, 6) is 1.76. The number of methoxy groups -OCH3 is 1. The molecule has 0 aliphatic heterocycles. The summed E-state index contributed by atoms with van der Waals surface area (Å²) in [6, 6.07) is 10.4. The summed E-state index contributed by atoms with van der Waals surface area (Å²) in [7, 11) is 1.69. The number of ether oxygens (including phenoxy) is 1. The quantitative estimate of drug-likeness (QED) is 0.756. The highest BCUT2D eigenvalue weighted by Crippen LogP contribution is 2.27. The predicted molar refractivity (Wildman–Crippen MR) is 82.3 cm³/mol. The Morgan fingerprint density at radius 3 is 2.45 bits per heavy atom. The number of fused-ring (bicyclic) bond motifs is 1. The van der Waals surface area contributed by atoms with Crippen molar-refractivity contribution in [2.45, 2.75) is 20.8 Å². The highest BCUT2D eigenvalue weighted by molar-refractivity contribution is 5.81. The number of H-pyrrole nitrogens is 1. The van der Waals surface area contributed by atoms with Crippen LogP contribution in [0.4, 0.5) is 0 Å². The number of imidazole rings is 1. The summed E-state index contributed by atoms with van der Waals surface area (Å²) in [6.07, 6.45) is 0. The lowest BCUT2D eigenvalue weighted by Gasteiger charge is -2.05. The molecular formula is C17H18N2O. The third-order valence-corrected chi connectivity index (χ3v) is 3.78. The maximum Gasteiger partial charge on any atom is 0.138 e. The van der Waals surface area contributed by atoms with Crippen LogP contribution in [0.5, 0.6) is 5.75 Å². The molecule has 1 aromatic heterocycles. The van der Waals surface area contributed by atoms with Crippen molar-refractivity contribution in [2.75, 3.05) is 7.11 Å². The smallest absolute Gasteiger partial charge is 0.138 e. The van der Waals surface area contributed by atoms with E-state index in [1.165, 1.54) is 11.1 Å². The summed E-state index contributed by atoms with van der Waals surface area (Å²) in [5.41, 5.74) is 6.77. The van der Waals surface area contributed by atoms with Crippen molar-refractivity contribution < 1.29 is 4.74 Å². The second-order valence-electron chi connectivity index (χ2n) is 5.22. The van der Waals surface area contributed by atoms with E-state index < -0.39 is 0 Å². The second kappa shape index (κ2) is 4.67. The standard InChI is InChI=1S/C17H18N2O/c1-10-5-6-13(9-16(10)20-4)17-18-14-7-11(2)12(3)8-15(14)19-17/h5-9H,1-4H3,(H,18,19). The van der Waals surface area contributed by atoms with Crippen molar-refractivity contribution in [1.29, 1.82) is 0 Å². The zero-order valence-electron chi connectivity index (χ0n) is 12.2. The van der Waals surface area contributed by atoms with Gasteiger partial charge in [-0.2, -0.15) is 0 Å². The molecule has 1 heterocycles. The Balaban J connectivity index is 2.14. The Hall–Kier alpha value is -2.29. The normalized spacial score (nSPS) is 11.0. The molecule has 0 saturated heterocycles. The van der Waals surface area contributed by atoms with Crippen molar-refractivity contribution in [3.63, 3.8) is 0 Å². The zero-order chi connectivity index (χ0) is 14.3. The van der Waals surface area contributed by atoms with E-state index >= 15 is 0 Å². The van der Waals surface area contributed by atoms with Crippen molar-refractivity contribution in [3.8, 4) is 17.1 Å². The van der Waals surface area contributed by atoms with Gasteiger partial charge in [-0.3, -0.25) is 0 Å². The molecule has 0 atom stereocenters. The summed E-state index contributed by atoms with van der Waals surface area (Å²) < 4.78 is 5.38. The van der Waals surface area contributed by atoms with Gasteiger partial charge in [0.2, 0.25) is 0 Å². The first-order valence-electron chi connectivity index (χ1n) is 6.70. The van der Waals surface area contributed by atoms with E-state index in [0.717, 1.165) is 33.7 Å². The van der Waals surface area contributed by atoms with Crippen LogP contribution in [0.3, 0.4) is 0 Å². The number of hydrogen-bond acceptors (Lipinski definition) is 2. The van der Waals surface area contributed by atoms with Crippen molar-refractivity contribution in [1.82, 2.24) is 9.97 Å². The van der Waals surface area contributed by atoms with Gasteiger partial charge in [-0.25, -0.2) is 4.98 Å². The Bertz CT molecular complexity index is 748. The van der Waals surface area contributed by atoms with Gasteiger partial charge in [-0.05, 0) is 55.7 Å². The molecule has 3 nitrogen and oxygen atoms in total. The molecule has 0 saturated carbocycles. The second-order valence-corrected chi connectivity index (χ2v) is 5.22. The molecule has 0 aliphatic rings. The number of aromatic amines is 1. The number of nitrogens with one attached hydrogen (secondary N) is 1. The topological polar surface area (TPSA) is 37.9 Å². The molecule has 0 amide bonds. The zero-order valence-corrected chi connectivity index (χ0v) is 12.2. The fourth-order valence-electron chi connectivity index (χ4n) is 2.37. The largest absolute Gasteiger partial charge is 0.496 e. The van der Waals surface area contributed by atoms with Gasteiger partial charge < -0.3 is 9.72 Å².